The van der Waals surface area contributed by atoms with E-state index >= 15 is 0 Å². The first-order chi connectivity index (χ1) is 15.5. The lowest BCUT2D eigenvalue weighted by Crippen LogP contribution is -2.61. The fourth-order valence-electron chi connectivity index (χ4n) is 4.59. The Kier molecular flexibility index (Phi) is 8.94. The van der Waals surface area contributed by atoms with Crippen LogP contribution in [0.5, 0.6) is 5.75 Å². The highest BCUT2D eigenvalue weighted by Gasteiger charge is 2.42. The number of carbonyl (C=O) groups is 3. The Bertz CT molecular complexity index is 754. The van der Waals surface area contributed by atoms with Gasteiger partial charge in [0.2, 0.25) is 11.8 Å². The molecule has 1 aromatic carbocycles. The van der Waals surface area contributed by atoms with Crippen molar-refractivity contribution in [2.24, 2.45) is 5.92 Å². The molecule has 2 aliphatic rings. The van der Waals surface area contributed by atoms with Crippen molar-refractivity contribution in [3.63, 3.8) is 0 Å². The monoisotopic (exact) mass is 443 g/mol. The third-order valence-electron chi connectivity index (χ3n) is 6.64. The third kappa shape index (κ3) is 6.47. The fraction of sp³-hybridized carbons (Fsp3) is 0.640. The minimum absolute atomic E-state index is 0.00190. The molecule has 0 bridgehead atoms. The molecule has 176 valence electrons. The molecule has 1 aliphatic carbocycles. The SMILES string of the molecule is CCCCNC(=O)C1(NC(=O)C2CCN(C(=O)COc3ccccc3)CC2)CCCCC1. The highest BCUT2D eigenvalue weighted by atomic mass is 16.5. The zero-order valence-electron chi connectivity index (χ0n) is 19.2. The summed E-state index contributed by atoms with van der Waals surface area (Å²) in [4.78, 5) is 40.3. The number of amides is 3. The van der Waals surface area contributed by atoms with Gasteiger partial charge in [-0.1, -0.05) is 50.8 Å². The molecule has 3 rings (SSSR count). The van der Waals surface area contributed by atoms with Crippen LogP contribution < -0.4 is 15.4 Å². The maximum absolute atomic E-state index is 13.1. The molecule has 1 saturated heterocycles. The first kappa shape index (κ1) is 24.1. The zero-order valence-corrected chi connectivity index (χ0v) is 19.2. The number of benzene rings is 1. The summed E-state index contributed by atoms with van der Waals surface area (Å²) in [6.45, 7) is 3.81. The third-order valence-corrected chi connectivity index (χ3v) is 6.64. The number of rotatable bonds is 9. The van der Waals surface area contributed by atoms with Crippen LogP contribution in [0, 0.1) is 5.92 Å². The van der Waals surface area contributed by atoms with Gasteiger partial charge in [-0.25, -0.2) is 0 Å². The molecular weight excluding hydrogens is 406 g/mol. The van der Waals surface area contributed by atoms with Crippen LogP contribution in [0.4, 0.5) is 0 Å². The molecular formula is C25H37N3O4. The quantitative estimate of drug-likeness (QED) is 0.574. The molecule has 0 unspecified atom stereocenters. The molecule has 2 N–H and O–H groups in total. The Morgan fingerprint density at radius 1 is 1.06 bits per heavy atom. The average molecular weight is 444 g/mol. The van der Waals surface area contributed by atoms with Crippen molar-refractivity contribution in [1.29, 1.82) is 0 Å². The zero-order chi connectivity index (χ0) is 22.8. The second-order valence-corrected chi connectivity index (χ2v) is 9.00. The lowest BCUT2D eigenvalue weighted by Gasteiger charge is -2.39. The normalized spacial score (nSPS) is 18.6. The van der Waals surface area contributed by atoms with E-state index in [4.69, 9.17) is 4.74 Å². The smallest absolute Gasteiger partial charge is 0.260 e. The summed E-state index contributed by atoms with van der Waals surface area (Å²) in [6.07, 6.45) is 7.59. The van der Waals surface area contributed by atoms with E-state index in [0.29, 0.717) is 51.1 Å². The predicted octanol–water partition coefficient (Wildman–Crippen LogP) is 3.04. The van der Waals surface area contributed by atoms with Gasteiger partial charge in [0.25, 0.3) is 5.91 Å². The summed E-state index contributed by atoms with van der Waals surface area (Å²) in [7, 11) is 0. The topological polar surface area (TPSA) is 87.7 Å². The second kappa shape index (κ2) is 11.9. The van der Waals surface area contributed by atoms with Crippen molar-refractivity contribution in [3.8, 4) is 5.75 Å². The van der Waals surface area contributed by atoms with Gasteiger partial charge >= 0.3 is 0 Å². The Balaban J connectivity index is 1.48. The maximum atomic E-state index is 13.1. The van der Waals surface area contributed by atoms with Gasteiger partial charge in [-0.3, -0.25) is 14.4 Å². The van der Waals surface area contributed by atoms with Crippen LogP contribution in [-0.4, -0.2) is 54.4 Å². The summed E-state index contributed by atoms with van der Waals surface area (Å²) >= 11 is 0. The van der Waals surface area contributed by atoms with Gasteiger partial charge in [-0.05, 0) is 44.2 Å². The van der Waals surface area contributed by atoms with Gasteiger partial charge in [-0.15, -0.1) is 0 Å². The van der Waals surface area contributed by atoms with Gasteiger partial charge < -0.3 is 20.3 Å². The van der Waals surface area contributed by atoms with Crippen molar-refractivity contribution in [2.75, 3.05) is 26.2 Å². The number of ether oxygens (including phenoxy) is 1. The first-order valence-electron chi connectivity index (χ1n) is 12.1. The van der Waals surface area contributed by atoms with E-state index in [-0.39, 0.29) is 30.2 Å². The summed E-state index contributed by atoms with van der Waals surface area (Å²) in [5, 5.41) is 6.17. The fourth-order valence-corrected chi connectivity index (χ4v) is 4.59. The minimum atomic E-state index is -0.778. The number of nitrogens with one attached hydrogen (secondary N) is 2. The first-order valence-corrected chi connectivity index (χ1v) is 12.1. The number of likely N-dealkylation sites (tertiary alicyclic amines) is 1. The van der Waals surface area contributed by atoms with E-state index in [0.717, 1.165) is 32.1 Å². The van der Waals surface area contributed by atoms with Crippen LogP contribution in [0.1, 0.15) is 64.7 Å². The van der Waals surface area contributed by atoms with E-state index in [9.17, 15) is 14.4 Å². The van der Waals surface area contributed by atoms with Gasteiger partial charge in [0.1, 0.15) is 11.3 Å². The molecule has 0 radical (unpaired) electrons. The van der Waals surface area contributed by atoms with Crippen LogP contribution in [0.2, 0.25) is 0 Å². The van der Waals surface area contributed by atoms with E-state index in [1.807, 2.05) is 30.3 Å². The number of hydrogen-bond acceptors (Lipinski definition) is 4. The van der Waals surface area contributed by atoms with Gasteiger partial charge in [0, 0.05) is 25.6 Å². The standard InChI is InChI=1S/C25H37N3O4/c1-2-3-16-26-24(31)25(14-8-5-9-15-25)27-23(30)20-12-17-28(18-13-20)22(29)19-32-21-10-6-4-7-11-21/h4,6-7,10-11,20H,2-3,5,8-9,12-19H2,1H3,(H,26,31)(H,27,30). The van der Waals surface area contributed by atoms with E-state index in [1.165, 1.54) is 0 Å². The Morgan fingerprint density at radius 3 is 2.41 bits per heavy atom. The molecule has 1 saturated carbocycles. The summed E-state index contributed by atoms with van der Waals surface area (Å²) in [5.41, 5.74) is -0.778. The van der Waals surface area contributed by atoms with Gasteiger partial charge in [-0.2, -0.15) is 0 Å². The summed E-state index contributed by atoms with van der Waals surface area (Å²) in [5.74, 6) is 0.350. The molecule has 0 spiro atoms. The van der Waals surface area contributed by atoms with Crippen molar-refractivity contribution in [2.45, 2.75) is 70.3 Å². The van der Waals surface area contributed by atoms with Crippen LogP contribution >= 0.6 is 0 Å². The van der Waals surface area contributed by atoms with Crippen molar-refractivity contribution in [3.05, 3.63) is 30.3 Å². The van der Waals surface area contributed by atoms with Crippen molar-refractivity contribution in [1.82, 2.24) is 15.5 Å². The molecule has 1 aromatic rings. The van der Waals surface area contributed by atoms with Crippen LogP contribution in [-0.2, 0) is 14.4 Å². The molecule has 7 heteroatoms. The minimum Gasteiger partial charge on any atom is -0.484 e. The van der Waals surface area contributed by atoms with E-state index in [2.05, 4.69) is 17.6 Å². The number of hydrogen-bond donors (Lipinski definition) is 2. The van der Waals surface area contributed by atoms with Crippen molar-refractivity contribution >= 4 is 17.7 Å². The highest BCUT2D eigenvalue weighted by Crippen LogP contribution is 2.30. The lowest BCUT2D eigenvalue weighted by atomic mass is 9.80. The average Bonchev–Trinajstić information content (AvgIpc) is 2.84. The number of nitrogens with zero attached hydrogens (tertiary/aromatic N) is 1. The predicted molar refractivity (Wildman–Crippen MR) is 123 cm³/mol. The Labute approximate surface area is 191 Å². The molecule has 1 heterocycles. The van der Waals surface area contributed by atoms with E-state index in [1.54, 1.807) is 4.90 Å². The molecule has 1 aliphatic heterocycles. The largest absolute Gasteiger partial charge is 0.484 e. The lowest BCUT2D eigenvalue weighted by molar-refractivity contribution is -0.140. The van der Waals surface area contributed by atoms with E-state index < -0.39 is 5.54 Å². The molecule has 7 nitrogen and oxygen atoms in total. The number of piperidine rings is 1. The number of unbranched alkanes of at least 4 members (excludes halogenated alkanes) is 1. The second-order valence-electron chi connectivity index (χ2n) is 9.00. The summed E-state index contributed by atoms with van der Waals surface area (Å²) in [6, 6.07) is 9.28. The van der Waals surface area contributed by atoms with Gasteiger partial charge in [0.15, 0.2) is 6.61 Å². The Hall–Kier alpha value is -2.57. The van der Waals surface area contributed by atoms with Crippen molar-refractivity contribution < 1.29 is 19.1 Å². The molecule has 0 aromatic heterocycles. The number of para-hydroxylation sites is 1. The molecule has 0 atom stereocenters. The Morgan fingerprint density at radius 2 is 1.75 bits per heavy atom. The van der Waals surface area contributed by atoms with Crippen LogP contribution in [0.3, 0.4) is 0 Å². The maximum Gasteiger partial charge on any atom is 0.260 e. The molecule has 3 amide bonds. The molecule has 32 heavy (non-hydrogen) atoms. The van der Waals surface area contributed by atoms with Crippen LogP contribution in [0.15, 0.2) is 30.3 Å². The number of carbonyl (C=O) groups excluding carboxylic acids is 3. The molecule has 2 fully saturated rings. The highest BCUT2D eigenvalue weighted by molar-refractivity contribution is 5.92. The van der Waals surface area contributed by atoms with Crippen LogP contribution in [0.25, 0.3) is 0 Å². The van der Waals surface area contributed by atoms with Gasteiger partial charge in [0.05, 0.1) is 0 Å². The summed E-state index contributed by atoms with van der Waals surface area (Å²) < 4.78 is 5.56.